The molecule has 1 aromatic rings. The summed E-state index contributed by atoms with van der Waals surface area (Å²) in [6.45, 7) is 1.90. The molecule has 1 aromatic carbocycles. The van der Waals surface area contributed by atoms with Gasteiger partial charge in [0.05, 0.1) is 12.5 Å². The Labute approximate surface area is 112 Å². The number of β-lactam (4-membered cyclic amide) rings is 1. The van der Waals surface area contributed by atoms with E-state index >= 15 is 0 Å². The van der Waals surface area contributed by atoms with E-state index in [1.165, 1.54) is 0 Å². The van der Waals surface area contributed by atoms with Crippen LogP contribution >= 0.6 is 26.6 Å². The van der Waals surface area contributed by atoms with Crippen molar-refractivity contribution >= 4 is 41.8 Å². The molecule has 0 aromatic heterocycles. The molecule has 0 N–H and O–H groups in total. The van der Waals surface area contributed by atoms with Gasteiger partial charge < -0.3 is 0 Å². The zero-order valence-electron chi connectivity index (χ0n) is 8.85. The smallest absolute Gasteiger partial charge is 0.274 e. The average Bonchev–Trinajstić information content (AvgIpc) is 2.16. The molecular weight excluding hydrogens is 330 g/mol. The molecule has 1 heterocycles. The number of halogens is 2. The van der Waals surface area contributed by atoms with E-state index in [-0.39, 0.29) is 6.42 Å². The van der Waals surface area contributed by atoms with Crippen LogP contribution in [0, 0.1) is 6.92 Å². The van der Waals surface area contributed by atoms with Gasteiger partial charge in [-0.05, 0) is 24.1 Å². The molecular formula is C10H9BrClNO3S. The Balaban J connectivity index is 2.36. The minimum atomic E-state index is -3.99. The zero-order valence-corrected chi connectivity index (χ0v) is 12.0. The summed E-state index contributed by atoms with van der Waals surface area (Å²) in [4.78, 5) is 11.3. The summed E-state index contributed by atoms with van der Waals surface area (Å²) >= 11 is 3.36. The fraction of sp³-hybridized carbons (Fsp3) is 0.300. The van der Waals surface area contributed by atoms with Crippen LogP contribution in [0.2, 0.25) is 0 Å². The van der Waals surface area contributed by atoms with Crippen LogP contribution in [0.3, 0.4) is 0 Å². The maximum absolute atomic E-state index is 11.3. The second-order valence-electron chi connectivity index (χ2n) is 3.86. The summed E-state index contributed by atoms with van der Waals surface area (Å²) in [5.41, 5.74) is 1.75. The van der Waals surface area contributed by atoms with E-state index in [9.17, 15) is 13.2 Å². The van der Waals surface area contributed by atoms with Crippen molar-refractivity contribution in [3.63, 3.8) is 0 Å². The fourth-order valence-corrected chi connectivity index (χ4v) is 3.39. The number of nitrogens with zero attached hydrogens (tertiary/aromatic N) is 1. The summed E-state index contributed by atoms with van der Waals surface area (Å²) in [5.74, 6) is -0.467. The minimum Gasteiger partial charge on any atom is -0.274 e. The van der Waals surface area contributed by atoms with Crippen molar-refractivity contribution in [2.24, 2.45) is 0 Å². The average molecular weight is 339 g/mol. The second-order valence-corrected chi connectivity index (χ2v) is 7.10. The normalized spacial score (nSPS) is 20.3. The number of rotatable bonds is 2. The molecule has 0 bridgehead atoms. The minimum absolute atomic E-state index is 0.174. The van der Waals surface area contributed by atoms with E-state index in [2.05, 4.69) is 15.9 Å². The standard InChI is InChI=1S/C10H9BrClNO3S/c1-6-4-7(2-3-8(6)11)9-5-10(14)13(9)17(12,15)16/h2-4,9H,5H2,1H3. The Kier molecular flexibility index (Phi) is 3.22. The second kappa shape index (κ2) is 4.26. The van der Waals surface area contributed by atoms with Gasteiger partial charge in [-0.1, -0.05) is 28.1 Å². The third kappa shape index (κ3) is 2.34. The number of hydrogen-bond acceptors (Lipinski definition) is 3. The molecule has 4 nitrogen and oxygen atoms in total. The molecule has 1 aliphatic rings. The summed E-state index contributed by atoms with van der Waals surface area (Å²) in [6.07, 6.45) is 0.174. The van der Waals surface area contributed by atoms with Crippen molar-refractivity contribution in [2.45, 2.75) is 19.4 Å². The lowest BCUT2D eigenvalue weighted by Gasteiger charge is -2.37. The first-order valence-corrected chi connectivity index (χ1v) is 7.89. The van der Waals surface area contributed by atoms with E-state index in [4.69, 9.17) is 10.7 Å². The highest BCUT2D eigenvalue weighted by molar-refractivity contribution is 9.10. The number of hydrogen-bond donors (Lipinski definition) is 0. The molecule has 1 amide bonds. The molecule has 92 valence electrons. The monoisotopic (exact) mass is 337 g/mol. The highest BCUT2D eigenvalue weighted by Gasteiger charge is 2.44. The molecule has 0 radical (unpaired) electrons. The van der Waals surface area contributed by atoms with Crippen LogP contribution in [-0.2, 0) is 14.0 Å². The highest BCUT2D eigenvalue weighted by Crippen LogP contribution is 2.39. The summed E-state index contributed by atoms with van der Waals surface area (Å²) in [6, 6.07) is 4.98. The summed E-state index contributed by atoms with van der Waals surface area (Å²) in [7, 11) is 1.22. The molecule has 2 rings (SSSR count). The van der Waals surface area contributed by atoms with Crippen molar-refractivity contribution in [2.75, 3.05) is 0 Å². The van der Waals surface area contributed by atoms with Crippen LogP contribution in [0.5, 0.6) is 0 Å². The molecule has 0 spiro atoms. The lowest BCUT2D eigenvalue weighted by Crippen LogP contribution is -2.47. The third-order valence-electron chi connectivity index (χ3n) is 2.70. The van der Waals surface area contributed by atoms with Gasteiger partial charge in [-0.2, -0.15) is 8.42 Å². The molecule has 1 atom stereocenters. The molecule has 1 fully saturated rings. The van der Waals surface area contributed by atoms with E-state index < -0.39 is 21.2 Å². The van der Waals surface area contributed by atoms with Gasteiger partial charge in [0, 0.05) is 15.2 Å². The molecule has 1 saturated heterocycles. The molecule has 0 saturated carbocycles. The predicted molar refractivity (Wildman–Crippen MR) is 67.9 cm³/mol. The SMILES string of the molecule is Cc1cc(C2CC(=O)N2S(=O)(=O)Cl)ccc1Br. The molecule has 0 aliphatic carbocycles. The van der Waals surface area contributed by atoms with Crippen molar-refractivity contribution < 1.29 is 13.2 Å². The van der Waals surface area contributed by atoms with Gasteiger partial charge in [0.25, 0.3) is 0 Å². The Morgan fingerprint density at radius 1 is 1.47 bits per heavy atom. The Hall–Kier alpha value is -0.590. The van der Waals surface area contributed by atoms with Crippen molar-refractivity contribution in [3.05, 3.63) is 33.8 Å². The van der Waals surface area contributed by atoms with E-state index in [1.807, 2.05) is 19.1 Å². The number of benzene rings is 1. The van der Waals surface area contributed by atoms with E-state index in [0.717, 1.165) is 19.9 Å². The van der Waals surface area contributed by atoms with Crippen molar-refractivity contribution in [3.8, 4) is 0 Å². The van der Waals surface area contributed by atoms with Gasteiger partial charge in [0.2, 0.25) is 5.91 Å². The van der Waals surface area contributed by atoms with Crippen molar-refractivity contribution in [1.82, 2.24) is 4.31 Å². The number of aryl methyl sites for hydroxylation is 1. The van der Waals surface area contributed by atoms with Crippen LogP contribution in [0.25, 0.3) is 0 Å². The highest BCUT2D eigenvalue weighted by atomic mass is 79.9. The lowest BCUT2D eigenvalue weighted by molar-refractivity contribution is -0.137. The Morgan fingerprint density at radius 3 is 2.59 bits per heavy atom. The lowest BCUT2D eigenvalue weighted by atomic mass is 9.96. The van der Waals surface area contributed by atoms with Crippen LogP contribution in [0.1, 0.15) is 23.6 Å². The predicted octanol–water partition coefficient (Wildman–Crippen LogP) is 2.51. The van der Waals surface area contributed by atoms with Gasteiger partial charge >= 0.3 is 9.24 Å². The number of amides is 1. The quantitative estimate of drug-likeness (QED) is 0.615. The first-order chi connectivity index (χ1) is 7.80. The first-order valence-electron chi connectivity index (χ1n) is 4.83. The van der Waals surface area contributed by atoms with Gasteiger partial charge in [-0.3, -0.25) is 4.79 Å². The van der Waals surface area contributed by atoms with Gasteiger partial charge in [0.15, 0.2) is 0 Å². The van der Waals surface area contributed by atoms with Gasteiger partial charge in [-0.15, -0.1) is 0 Å². The zero-order chi connectivity index (χ0) is 12.8. The maximum atomic E-state index is 11.3. The molecule has 17 heavy (non-hydrogen) atoms. The van der Waals surface area contributed by atoms with Crippen LogP contribution in [0.15, 0.2) is 22.7 Å². The number of carbonyl (C=O) groups excluding carboxylic acids is 1. The van der Waals surface area contributed by atoms with Crippen LogP contribution < -0.4 is 0 Å². The summed E-state index contributed by atoms with van der Waals surface area (Å²) in [5, 5.41) is 0. The van der Waals surface area contributed by atoms with Crippen LogP contribution in [-0.4, -0.2) is 18.6 Å². The first kappa shape index (κ1) is 12.9. The molecule has 1 aliphatic heterocycles. The maximum Gasteiger partial charge on any atom is 0.324 e. The van der Waals surface area contributed by atoms with E-state index in [0.29, 0.717) is 0 Å². The van der Waals surface area contributed by atoms with Crippen LogP contribution in [0.4, 0.5) is 0 Å². The molecule has 7 heteroatoms. The Bertz CT molecular complexity index is 587. The Morgan fingerprint density at radius 2 is 2.12 bits per heavy atom. The fourth-order valence-electron chi connectivity index (χ4n) is 1.80. The number of carbonyl (C=O) groups is 1. The summed E-state index contributed by atoms with van der Waals surface area (Å²) < 4.78 is 24.1. The van der Waals surface area contributed by atoms with Gasteiger partial charge in [0.1, 0.15) is 0 Å². The molecule has 1 unspecified atom stereocenters. The third-order valence-corrected chi connectivity index (χ3v) is 4.96. The van der Waals surface area contributed by atoms with E-state index in [1.54, 1.807) is 6.07 Å². The van der Waals surface area contributed by atoms with Gasteiger partial charge in [-0.25, -0.2) is 4.31 Å². The topological polar surface area (TPSA) is 54.5 Å². The largest absolute Gasteiger partial charge is 0.324 e. The van der Waals surface area contributed by atoms with Crippen molar-refractivity contribution in [1.29, 1.82) is 0 Å².